The van der Waals surface area contributed by atoms with E-state index in [0.717, 1.165) is 0 Å². The smallest absolute Gasteiger partial charge is 0.134 e. The van der Waals surface area contributed by atoms with Gasteiger partial charge in [0.25, 0.3) is 0 Å². The van der Waals surface area contributed by atoms with Gasteiger partial charge in [0.05, 0.1) is 6.54 Å². The molecule has 2 rings (SSSR count). The van der Waals surface area contributed by atoms with E-state index in [9.17, 15) is 4.39 Å². The molecule has 0 saturated heterocycles. The molecule has 0 aliphatic carbocycles. The zero-order valence-corrected chi connectivity index (χ0v) is 9.15. The molecule has 1 N–H and O–H groups in total. The summed E-state index contributed by atoms with van der Waals surface area (Å²) in [4.78, 5) is 3.94. The lowest BCUT2D eigenvalue weighted by atomic mass is 10.2. The number of aliphatic hydroxyl groups excluding tert-OH is 1. The van der Waals surface area contributed by atoms with Crippen molar-refractivity contribution in [1.29, 1.82) is 0 Å². The maximum absolute atomic E-state index is 13.4. The fraction of sp³-hybridized carbons (Fsp3) is 0.182. The summed E-state index contributed by atoms with van der Waals surface area (Å²) in [6, 6.07) is 4.40. The Balaban J connectivity index is 2.30. The molecule has 0 bridgehead atoms. The fourth-order valence-corrected chi connectivity index (χ4v) is 1.68. The van der Waals surface area contributed by atoms with Crippen molar-refractivity contribution in [1.82, 2.24) is 9.55 Å². The highest BCUT2D eigenvalue weighted by Gasteiger charge is 2.06. The standard InChI is InChI=1S/C11H10ClFN2O/c12-9-1-2-10(13)8(5-9)6-15-4-3-14-11(15)7-16/h1-5,16H,6-7H2. The molecule has 0 radical (unpaired) electrons. The molecule has 16 heavy (non-hydrogen) atoms. The molecule has 84 valence electrons. The molecule has 0 aliphatic heterocycles. The first-order valence-electron chi connectivity index (χ1n) is 4.75. The summed E-state index contributed by atoms with van der Waals surface area (Å²) in [6.07, 6.45) is 3.25. The second-order valence-electron chi connectivity index (χ2n) is 3.37. The molecular weight excluding hydrogens is 231 g/mol. The third kappa shape index (κ3) is 2.23. The highest BCUT2D eigenvalue weighted by atomic mass is 35.5. The summed E-state index contributed by atoms with van der Waals surface area (Å²) in [7, 11) is 0. The number of halogens is 2. The lowest BCUT2D eigenvalue weighted by molar-refractivity contribution is 0.266. The van der Waals surface area contributed by atoms with Crippen molar-refractivity contribution >= 4 is 11.6 Å². The third-order valence-corrected chi connectivity index (χ3v) is 2.53. The van der Waals surface area contributed by atoms with Gasteiger partial charge in [0, 0.05) is 23.0 Å². The monoisotopic (exact) mass is 240 g/mol. The summed E-state index contributed by atoms with van der Waals surface area (Å²) in [5.74, 6) is 0.182. The Hall–Kier alpha value is -1.39. The van der Waals surface area contributed by atoms with Crippen LogP contribution in [0.4, 0.5) is 4.39 Å². The highest BCUT2D eigenvalue weighted by molar-refractivity contribution is 6.30. The van der Waals surface area contributed by atoms with E-state index in [1.807, 2.05) is 0 Å². The number of hydrogen-bond donors (Lipinski definition) is 1. The minimum Gasteiger partial charge on any atom is -0.388 e. The minimum absolute atomic E-state index is 0.171. The van der Waals surface area contributed by atoms with Crippen LogP contribution in [0.3, 0.4) is 0 Å². The zero-order chi connectivity index (χ0) is 11.5. The Kier molecular flexibility index (Phi) is 3.22. The van der Waals surface area contributed by atoms with E-state index in [0.29, 0.717) is 23.0 Å². The predicted molar refractivity (Wildman–Crippen MR) is 58.7 cm³/mol. The maximum Gasteiger partial charge on any atom is 0.134 e. The minimum atomic E-state index is -0.318. The van der Waals surface area contributed by atoms with Crippen LogP contribution in [-0.2, 0) is 13.2 Å². The topological polar surface area (TPSA) is 38.1 Å². The molecule has 1 aromatic carbocycles. The van der Waals surface area contributed by atoms with Crippen LogP contribution >= 0.6 is 11.6 Å². The van der Waals surface area contributed by atoms with Crippen LogP contribution in [-0.4, -0.2) is 14.7 Å². The summed E-state index contributed by atoms with van der Waals surface area (Å²) >= 11 is 5.79. The molecule has 0 spiro atoms. The van der Waals surface area contributed by atoms with Crippen molar-refractivity contribution in [2.45, 2.75) is 13.2 Å². The van der Waals surface area contributed by atoms with Crippen molar-refractivity contribution in [3.8, 4) is 0 Å². The van der Waals surface area contributed by atoms with Gasteiger partial charge in [-0.2, -0.15) is 0 Å². The number of hydrogen-bond acceptors (Lipinski definition) is 2. The average molecular weight is 241 g/mol. The molecule has 0 unspecified atom stereocenters. The average Bonchev–Trinajstić information content (AvgIpc) is 2.71. The van der Waals surface area contributed by atoms with Gasteiger partial charge in [-0.05, 0) is 18.2 Å². The maximum atomic E-state index is 13.4. The van der Waals surface area contributed by atoms with Gasteiger partial charge in [-0.3, -0.25) is 0 Å². The first-order valence-corrected chi connectivity index (χ1v) is 5.13. The van der Waals surface area contributed by atoms with Gasteiger partial charge < -0.3 is 9.67 Å². The fourth-order valence-electron chi connectivity index (χ4n) is 1.48. The van der Waals surface area contributed by atoms with Crippen LogP contribution in [0.1, 0.15) is 11.4 Å². The zero-order valence-electron chi connectivity index (χ0n) is 8.40. The molecule has 0 amide bonds. The quantitative estimate of drug-likeness (QED) is 0.893. The summed E-state index contributed by atoms with van der Waals surface area (Å²) < 4.78 is 15.1. The van der Waals surface area contributed by atoms with Gasteiger partial charge in [-0.25, -0.2) is 9.37 Å². The highest BCUT2D eigenvalue weighted by Crippen LogP contribution is 2.16. The Morgan fingerprint density at radius 1 is 1.44 bits per heavy atom. The van der Waals surface area contributed by atoms with Gasteiger partial charge in [0.1, 0.15) is 18.2 Å². The van der Waals surface area contributed by atoms with Crippen LogP contribution in [0.5, 0.6) is 0 Å². The number of aromatic nitrogens is 2. The molecule has 3 nitrogen and oxygen atoms in total. The Morgan fingerprint density at radius 2 is 2.25 bits per heavy atom. The molecule has 0 atom stereocenters. The van der Waals surface area contributed by atoms with Crippen molar-refractivity contribution in [3.63, 3.8) is 0 Å². The van der Waals surface area contributed by atoms with E-state index in [2.05, 4.69) is 4.98 Å². The van der Waals surface area contributed by atoms with E-state index in [4.69, 9.17) is 16.7 Å². The Morgan fingerprint density at radius 3 is 3.00 bits per heavy atom. The first kappa shape index (κ1) is 11.1. The van der Waals surface area contributed by atoms with Crippen LogP contribution in [0.2, 0.25) is 5.02 Å². The van der Waals surface area contributed by atoms with E-state index < -0.39 is 0 Å². The molecule has 2 aromatic rings. The molecule has 1 heterocycles. The van der Waals surface area contributed by atoms with Gasteiger partial charge in [-0.1, -0.05) is 11.6 Å². The third-order valence-electron chi connectivity index (χ3n) is 2.29. The van der Waals surface area contributed by atoms with Crippen LogP contribution in [0.15, 0.2) is 30.6 Å². The SMILES string of the molecule is OCc1nccn1Cc1cc(Cl)ccc1F. The number of rotatable bonds is 3. The van der Waals surface area contributed by atoms with E-state index in [1.165, 1.54) is 12.1 Å². The molecule has 5 heteroatoms. The predicted octanol–water partition coefficient (Wildman–Crippen LogP) is 2.22. The van der Waals surface area contributed by atoms with E-state index in [1.54, 1.807) is 23.0 Å². The summed E-state index contributed by atoms with van der Waals surface area (Å²) in [6.45, 7) is 0.136. The molecule has 0 fully saturated rings. The molecular formula is C11H10ClFN2O. The van der Waals surface area contributed by atoms with Crippen molar-refractivity contribution in [3.05, 3.63) is 52.8 Å². The second kappa shape index (κ2) is 4.63. The first-order chi connectivity index (χ1) is 7.70. The Bertz CT molecular complexity index is 498. The van der Waals surface area contributed by atoms with Gasteiger partial charge in [-0.15, -0.1) is 0 Å². The lowest BCUT2D eigenvalue weighted by Gasteiger charge is -2.07. The summed E-state index contributed by atoms with van der Waals surface area (Å²) in [5, 5.41) is 9.49. The van der Waals surface area contributed by atoms with Crippen LogP contribution in [0, 0.1) is 5.82 Å². The van der Waals surface area contributed by atoms with E-state index >= 15 is 0 Å². The lowest BCUT2D eigenvalue weighted by Crippen LogP contribution is -2.05. The molecule has 0 aliphatic rings. The van der Waals surface area contributed by atoms with Crippen LogP contribution < -0.4 is 0 Å². The number of benzene rings is 1. The van der Waals surface area contributed by atoms with E-state index in [-0.39, 0.29) is 12.4 Å². The van der Waals surface area contributed by atoms with Crippen LogP contribution in [0.25, 0.3) is 0 Å². The van der Waals surface area contributed by atoms with Gasteiger partial charge in [0.15, 0.2) is 0 Å². The molecule has 1 aromatic heterocycles. The Labute approximate surface area is 97.1 Å². The van der Waals surface area contributed by atoms with Crippen molar-refractivity contribution in [2.75, 3.05) is 0 Å². The number of aliphatic hydroxyl groups is 1. The normalized spacial score (nSPS) is 10.7. The molecule has 0 saturated carbocycles. The van der Waals surface area contributed by atoms with Gasteiger partial charge in [0.2, 0.25) is 0 Å². The van der Waals surface area contributed by atoms with Crippen molar-refractivity contribution in [2.24, 2.45) is 0 Å². The largest absolute Gasteiger partial charge is 0.388 e. The second-order valence-corrected chi connectivity index (χ2v) is 3.80. The number of imidazole rings is 1. The number of nitrogens with zero attached hydrogens (tertiary/aromatic N) is 2. The van der Waals surface area contributed by atoms with Gasteiger partial charge >= 0.3 is 0 Å². The van der Waals surface area contributed by atoms with Crippen molar-refractivity contribution < 1.29 is 9.50 Å². The summed E-state index contributed by atoms with van der Waals surface area (Å²) in [5.41, 5.74) is 0.472.